The Morgan fingerprint density at radius 1 is 1.00 bits per heavy atom. The van der Waals surface area contributed by atoms with Gasteiger partial charge in [0.05, 0.1) is 0 Å². The Kier molecular flexibility index (Phi) is 4.76. The van der Waals surface area contributed by atoms with Crippen LogP contribution in [0.2, 0.25) is 0 Å². The molecule has 2 saturated carbocycles. The molecule has 0 spiro atoms. The van der Waals surface area contributed by atoms with E-state index in [4.69, 9.17) is 0 Å². The largest absolute Gasteiger partial charge is 0.338 e. The highest BCUT2D eigenvalue weighted by molar-refractivity contribution is 5.74. The molecule has 2 aliphatic heterocycles. The molecule has 3 unspecified atom stereocenters. The third-order valence-corrected chi connectivity index (χ3v) is 6.55. The molecule has 3 N–H and O–H groups in total. The third-order valence-electron chi connectivity index (χ3n) is 6.55. The first-order valence-electron chi connectivity index (χ1n) is 9.77. The van der Waals surface area contributed by atoms with Gasteiger partial charge in [-0.2, -0.15) is 0 Å². The quantitative estimate of drug-likeness (QED) is 0.737. The van der Waals surface area contributed by atoms with Crippen LogP contribution in [0.25, 0.3) is 0 Å². The zero-order chi connectivity index (χ0) is 15.6. The van der Waals surface area contributed by atoms with E-state index < -0.39 is 0 Å². The zero-order valence-corrected chi connectivity index (χ0v) is 14.2. The first-order chi connectivity index (χ1) is 11.3. The minimum Gasteiger partial charge on any atom is -0.338 e. The van der Waals surface area contributed by atoms with Gasteiger partial charge in [0, 0.05) is 18.6 Å². The molecule has 5 heteroatoms. The number of carbonyl (C=O) groups is 1. The molecule has 23 heavy (non-hydrogen) atoms. The summed E-state index contributed by atoms with van der Waals surface area (Å²) in [5.41, 5.74) is 0. The predicted octanol–water partition coefficient (Wildman–Crippen LogP) is 1.55. The fraction of sp³-hybridized carbons (Fsp3) is 0.944. The topological polar surface area (TPSA) is 56.4 Å². The second-order valence-electron chi connectivity index (χ2n) is 8.25. The maximum absolute atomic E-state index is 12.2. The zero-order valence-electron chi connectivity index (χ0n) is 14.2. The van der Waals surface area contributed by atoms with Gasteiger partial charge < -0.3 is 20.9 Å². The van der Waals surface area contributed by atoms with Gasteiger partial charge in [0.25, 0.3) is 0 Å². The van der Waals surface area contributed by atoms with Crippen LogP contribution in [0.15, 0.2) is 0 Å². The van der Waals surface area contributed by atoms with E-state index in [9.17, 15) is 4.79 Å². The number of rotatable bonds is 4. The summed E-state index contributed by atoms with van der Waals surface area (Å²) in [7, 11) is 0. The lowest BCUT2D eigenvalue weighted by Crippen LogP contribution is -2.47. The molecule has 2 saturated heterocycles. The number of piperidine rings is 1. The molecule has 3 atom stereocenters. The van der Waals surface area contributed by atoms with Crippen molar-refractivity contribution in [1.82, 2.24) is 20.9 Å². The molecule has 4 aliphatic rings. The first kappa shape index (κ1) is 15.7. The SMILES string of the molecule is O=C(NCC1CCN(C2CC2)CC1)NC1CCC2CNCC2C1. The second-order valence-corrected chi connectivity index (χ2v) is 8.25. The summed E-state index contributed by atoms with van der Waals surface area (Å²) in [6.45, 7) is 5.65. The fourth-order valence-electron chi connectivity index (χ4n) is 4.87. The van der Waals surface area contributed by atoms with Gasteiger partial charge in [0.15, 0.2) is 0 Å². The average Bonchev–Trinajstić information content (AvgIpc) is 3.31. The van der Waals surface area contributed by atoms with Crippen LogP contribution in [-0.2, 0) is 0 Å². The lowest BCUT2D eigenvalue weighted by molar-refractivity contribution is 0.172. The number of amides is 2. The maximum Gasteiger partial charge on any atom is 0.315 e. The normalized spacial score (nSPS) is 35.7. The van der Waals surface area contributed by atoms with Gasteiger partial charge in [0.1, 0.15) is 0 Å². The Morgan fingerprint density at radius 2 is 1.78 bits per heavy atom. The molecule has 4 fully saturated rings. The smallest absolute Gasteiger partial charge is 0.315 e. The van der Waals surface area contributed by atoms with Crippen LogP contribution in [-0.4, -0.2) is 55.7 Å². The van der Waals surface area contributed by atoms with Crippen molar-refractivity contribution in [1.29, 1.82) is 0 Å². The van der Waals surface area contributed by atoms with Crippen LogP contribution in [0.4, 0.5) is 4.79 Å². The molecule has 5 nitrogen and oxygen atoms in total. The Balaban J connectivity index is 1.13. The molecule has 130 valence electrons. The highest BCUT2D eigenvalue weighted by Gasteiger charge is 2.34. The van der Waals surface area contributed by atoms with Crippen LogP contribution >= 0.6 is 0 Å². The molecule has 2 heterocycles. The number of hydrogen-bond donors (Lipinski definition) is 3. The lowest BCUT2D eigenvalue weighted by atomic mass is 9.79. The molecular weight excluding hydrogens is 288 g/mol. The van der Waals surface area contributed by atoms with E-state index in [1.165, 1.54) is 51.7 Å². The summed E-state index contributed by atoms with van der Waals surface area (Å²) >= 11 is 0. The van der Waals surface area contributed by atoms with Crippen LogP contribution in [0, 0.1) is 17.8 Å². The van der Waals surface area contributed by atoms with Crippen molar-refractivity contribution in [3.05, 3.63) is 0 Å². The van der Waals surface area contributed by atoms with Gasteiger partial charge in [-0.25, -0.2) is 4.79 Å². The van der Waals surface area contributed by atoms with Crippen LogP contribution in [0.3, 0.4) is 0 Å². The highest BCUT2D eigenvalue weighted by atomic mass is 16.2. The van der Waals surface area contributed by atoms with Gasteiger partial charge in [0.2, 0.25) is 0 Å². The van der Waals surface area contributed by atoms with Gasteiger partial charge in [-0.1, -0.05) is 0 Å². The fourth-order valence-corrected chi connectivity index (χ4v) is 4.87. The summed E-state index contributed by atoms with van der Waals surface area (Å²) in [4.78, 5) is 14.8. The number of fused-ring (bicyclic) bond motifs is 1. The number of urea groups is 1. The molecule has 0 aromatic carbocycles. The molecule has 0 aromatic heterocycles. The van der Waals surface area contributed by atoms with Gasteiger partial charge in [-0.05, 0) is 88.9 Å². The molecule has 0 aromatic rings. The van der Waals surface area contributed by atoms with Crippen molar-refractivity contribution < 1.29 is 4.79 Å². The number of likely N-dealkylation sites (tertiary alicyclic amines) is 1. The van der Waals surface area contributed by atoms with Gasteiger partial charge >= 0.3 is 6.03 Å². The summed E-state index contributed by atoms with van der Waals surface area (Å²) in [5.74, 6) is 2.30. The van der Waals surface area contributed by atoms with Crippen molar-refractivity contribution in [2.45, 2.75) is 57.0 Å². The number of carbonyl (C=O) groups excluding carboxylic acids is 1. The summed E-state index contributed by atoms with van der Waals surface area (Å²) in [6.07, 6.45) is 8.88. The molecule has 0 bridgehead atoms. The third kappa shape index (κ3) is 4.00. The van der Waals surface area contributed by atoms with E-state index in [0.717, 1.165) is 43.8 Å². The standard InChI is InChI=1S/C18H32N4O/c23-18(21-16-2-1-14-11-19-12-15(14)9-16)20-10-13-5-7-22(8-6-13)17-3-4-17/h13-17,19H,1-12H2,(H2,20,21,23). The lowest BCUT2D eigenvalue weighted by Gasteiger charge is -2.33. The number of hydrogen-bond acceptors (Lipinski definition) is 3. The molecule has 4 rings (SSSR count). The van der Waals surface area contributed by atoms with Gasteiger partial charge in [-0.15, -0.1) is 0 Å². The first-order valence-corrected chi connectivity index (χ1v) is 9.77. The predicted molar refractivity (Wildman–Crippen MR) is 91.3 cm³/mol. The Morgan fingerprint density at radius 3 is 2.57 bits per heavy atom. The van der Waals surface area contributed by atoms with E-state index in [1.807, 2.05) is 0 Å². The Bertz CT molecular complexity index is 417. The van der Waals surface area contributed by atoms with Crippen LogP contribution in [0.1, 0.15) is 44.9 Å². The summed E-state index contributed by atoms with van der Waals surface area (Å²) in [6, 6.07) is 1.34. The van der Waals surface area contributed by atoms with E-state index in [1.54, 1.807) is 0 Å². The molecule has 0 radical (unpaired) electrons. The van der Waals surface area contributed by atoms with E-state index in [-0.39, 0.29) is 6.03 Å². The molecule has 2 aliphatic carbocycles. The summed E-state index contributed by atoms with van der Waals surface area (Å²) in [5, 5.41) is 9.84. The monoisotopic (exact) mass is 320 g/mol. The maximum atomic E-state index is 12.2. The average molecular weight is 320 g/mol. The van der Waals surface area contributed by atoms with E-state index >= 15 is 0 Å². The van der Waals surface area contributed by atoms with E-state index in [2.05, 4.69) is 20.9 Å². The Hall–Kier alpha value is -0.810. The number of nitrogens with zero attached hydrogens (tertiary/aromatic N) is 1. The second kappa shape index (κ2) is 6.98. The Labute approximate surface area is 139 Å². The van der Waals surface area contributed by atoms with Crippen LogP contribution < -0.4 is 16.0 Å². The number of nitrogens with one attached hydrogen (secondary N) is 3. The van der Waals surface area contributed by atoms with Crippen molar-refractivity contribution in [2.24, 2.45) is 17.8 Å². The van der Waals surface area contributed by atoms with E-state index in [0.29, 0.717) is 12.0 Å². The molecule has 2 amide bonds. The van der Waals surface area contributed by atoms with Gasteiger partial charge in [-0.3, -0.25) is 0 Å². The highest BCUT2D eigenvalue weighted by Crippen LogP contribution is 2.32. The van der Waals surface area contributed by atoms with Crippen molar-refractivity contribution in [3.63, 3.8) is 0 Å². The van der Waals surface area contributed by atoms with Crippen molar-refractivity contribution in [3.8, 4) is 0 Å². The van der Waals surface area contributed by atoms with Crippen molar-refractivity contribution >= 4 is 6.03 Å². The minimum atomic E-state index is 0.0593. The minimum absolute atomic E-state index is 0.0593. The van der Waals surface area contributed by atoms with Crippen molar-refractivity contribution in [2.75, 3.05) is 32.7 Å². The molecular formula is C18H32N4O. The summed E-state index contributed by atoms with van der Waals surface area (Å²) < 4.78 is 0. The van der Waals surface area contributed by atoms with Crippen LogP contribution in [0.5, 0.6) is 0 Å².